The van der Waals surface area contributed by atoms with E-state index >= 15 is 0 Å². The van der Waals surface area contributed by atoms with Crippen LogP contribution in [0.15, 0.2) is 157 Å². The van der Waals surface area contributed by atoms with Crippen molar-refractivity contribution in [3.05, 3.63) is 169 Å². The lowest BCUT2D eigenvalue weighted by Crippen LogP contribution is -2.28. The van der Waals surface area contributed by atoms with Gasteiger partial charge in [0.1, 0.15) is 0 Å². The van der Waals surface area contributed by atoms with Gasteiger partial charge in [-0.05, 0) is 57.4 Å². The van der Waals surface area contributed by atoms with E-state index in [2.05, 4.69) is 96.3 Å². The molecule has 1 aromatic heterocycles. The second-order valence-corrected chi connectivity index (χ2v) is 11.0. The summed E-state index contributed by atoms with van der Waals surface area (Å²) in [5.74, 6) is 1.01. The van der Waals surface area contributed by atoms with Crippen LogP contribution >= 0.6 is 0 Å². The zero-order valence-corrected chi connectivity index (χ0v) is 24.3. The highest BCUT2D eigenvalue weighted by Crippen LogP contribution is 2.32. The monoisotopic (exact) mass is 577 g/mol. The number of hydrogen-bond acceptors (Lipinski definition) is 5. The van der Waals surface area contributed by atoms with Crippen molar-refractivity contribution in [2.45, 2.75) is 0 Å². The summed E-state index contributed by atoms with van der Waals surface area (Å²) in [4.78, 5) is 15.1. The van der Waals surface area contributed by atoms with Crippen LogP contribution in [-0.2, 0) is 0 Å². The second-order valence-electron chi connectivity index (χ2n) is 11.0. The van der Waals surface area contributed by atoms with E-state index < -0.39 is 0 Å². The Kier molecular flexibility index (Phi) is 6.54. The number of allylic oxidation sites excluding steroid dienone is 1. The van der Waals surface area contributed by atoms with Crippen LogP contribution in [0, 0.1) is 5.41 Å². The van der Waals surface area contributed by atoms with Crippen molar-refractivity contribution in [3.63, 3.8) is 0 Å². The molecule has 0 amide bonds. The topological polar surface area (TPSA) is 74.0 Å². The largest absolute Gasteiger partial charge is 0.336 e. The van der Waals surface area contributed by atoms with Crippen molar-refractivity contribution >= 4 is 44.5 Å². The average Bonchev–Trinajstić information content (AvgIpc) is 3.11. The number of amidine groups is 1. The first-order valence-corrected chi connectivity index (χ1v) is 14.9. The van der Waals surface area contributed by atoms with Crippen molar-refractivity contribution in [1.29, 1.82) is 5.41 Å². The molecule has 2 N–H and O–H groups in total. The molecule has 0 bridgehead atoms. The first-order valence-electron chi connectivity index (χ1n) is 14.9. The Balaban J connectivity index is 1.29. The van der Waals surface area contributed by atoms with Crippen molar-refractivity contribution in [2.24, 2.45) is 4.99 Å². The fourth-order valence-electron chi connectivity index (χ4n) is 5.75. The fourth-order valence-corrected chi connectivity index (χ4v) is 5.75. The van der Waals surface area contributed by atoms with Crippen molar-refractivity contribution < 1.29 is 0 Å². The van der Waals surface area contributed by atoms with Gasteiger partial charge in [-0.1, -0.05) is 121 Å². The molecule has 5 heteroatoms. The number of fused-ring (bicyclic) bond motifs is 3. The standard InChI is InChI=1S/C40H27N5/c41-34(28-12-2-1-3-13-28)24-38-33-16-8-9-17-35(33)42-39(45-38)40-43-36(31-20-18-26-10-4-6-14-29(26)22-31)25-37(44-40)32-21-19-27-11-5-7-15-30(27)23-32/h1-25,41H,(H,42,45)/b38-24-,41-34?. The third-order valence-corrected chi connectivity index (χ3v) is 8.08. The predicted molar refractivity (Wildman–Crippen MR) is 185 cm³/mol. The van der Waals surface area contributed by atoms with Crippen LogP contribution in [0.2, 0.25) is 0 Å². The zero-order valence-electron chi connectivity index (χ0n) is 24.3. The third kappa shape index (κ3) is 5.17. The van der Waals surface area contributed by atoms with E-state index in [0.717, 1.165) is 55.8 Å². The highest BCUT2D eigenvalue weighted by molar-refractivity contribution is 6.14. The Hall–Kier alpha value is -6.20. The molecule has 2 heterocycles. The number of nitrogens with one attached hydrogen (secondary N) is 2. The molecule has 0 radical (unpaired) electrons. The third-order valence-electron chi connectivity index (χ3n) is 8.08. The minimum absolute atomic E-state index is 0.400. The lowest BCUT2D eigenvalue weighted by atomic mass is 10.0. The van der Waals surface area contributed by atoms with E-state index in [1.54, 1.807) is 0 Å². The normalized spacial score (nSPS) is 13.3. The smallest absolute Gasteiger partial charge is 0.196 e. The summed E-state index contributed by atoms with van der Waals surface area (Å²) in [6.45, 7) is 0. The van der Waals surface area contributed by atoms with Gasteiger partial charge in [0.15, 0.2) is 11.7 Å². The average molecular weight is 578 g/mol. The van der Waals surface area contributed by atoms with E-state index in [-0.39, 0.29) is 0 Å². The van der Waals surface area contributed by atoms with Crippen LogP contribution in [-0.4, -0.2) is 21.5 Å². The highest BCUT2D eigenvalue weighted by Gasteiger charge is 2.21. The fraction of sp³-hybridized carbons (Fsp3) is 0. The van der Waals surface area contributed by atoms with Gasteiger partial charge >= 0.3 is 0 Å². The van der Waals surface area contributed by atoms with E-state index in [4.69, 9.17) is 20.4 Å². The number of nitrogens with zero attached hydrogens (tertiary/aromatic N) is 3. The molecule has 1 aliphatic heterocycles. The van der Waals surface area contributed by atoms with Gasteiger partial charge in [-0.15, -0.1) is 0 Å². The molecule has 0 fully saturated rings. The van der Waals surface area contributed by atoms with Gasteiger partial charge in [0.05, 0.1) is 28.5 Å². The van der Waals surface area contributed by atoms with E-state index in [1.807, 2.05) is 60.7 Å². The number of para-hydroxylation sites is 1. The van der Waals surface area contributed by atoms with Gasteiger partial charge in [-0.3, -0.25) is 0 Å². The van der Waals surface area contributed by atoms with Crippen LogP contribution in [0.25, 0.3) is 49.8 Å². The van der Waals surface area contributed by atoms with Gasteiger partial charge in [-0.25, -0.2) is 15.0 Å². The van der Waals surface area contributed by atoms with E-state index in [9.17, 15) is 0 Å². The molecule has 7 aromatic rings. The molecular weight excluding hydrogens is 550 g/mol. The predicted octanol–water partition coefficient (Wildman–Crippen LogP) is 9.21. The summed E-state index contributed by atoms with van der Waals surface area (Å²) in [6.07, 6.45) is 1.85. The van der Waals surface area contributed by atoms with Crippen LogP contribution < -0.4 is 5.32 Å². The Labute approximate surface area is 260 Å². The Bertz CT molecular complexity index is 2220. The number of aromatic nitrogens is 2. The van der Waals surface area contributed by atoms with E-state index in [1.165, 1.54) is 10.8 Å². The molecule has 5 nitrogen and oxygen atoms in total. The molecule has 0 unspecified atom stereocenters. The number of rotatable bonds is 5. The Morgan fingerprint density at radius 2 is 1.11 bits per heavy atom. The quantitative estimate of drug-likeness (QED) is 0.200. The number of benzene rings is 6. The summed E-state index contributed by atoms with van der Waals surface area (Å²) < 4.78 is 0. The number of aliphatic imine (C=N–C) groups is 1. The maximum absolute atomic E-state index is 8.82. The minimum Gasteiger partial charge on any atom is -0.336 e. The van der Waals surface area contributed by atoms with Crippen LogP contribution in [0.5, 0.6) is 0 Å². The molecule has 1 aliphatic rings. The SMILES string of the molecule is N=C(/C=C1\NC(c2nc(-c3ccc4ccccc4c3)cc(-c3ccc4ccccc4c3)n2)=Nc2ccccc21)c1ccccc1. The first kappa shape index (κ1) is 26.4. The highest BCUT2D eigenvalue weighted by atomic mass is 15.1. The summed E-state index contributed by atoms with van der Waals surface area (Å²) in [6, 6.07) is 49.2. The summed E-state index contributed by atoms with van der Waals surface area (Å²) in [5.41, 5.74) is 7.33. The summed E-state index contributed by atoms with van der Waals surface area (Å²) in [5, 5.41) is 17.0. The Morgan fingerprint density at radius 3 is 1.76 bits per heavy atom. The first-order chi connectivity index (χ1) is 22.2. The van der Waals surface area contributed by atoms with Gasteiger partial charge in [0, 0.05) is 16.7 Å². The molecule has 6 aromatic carbocycles. The number of hydrogen-bond donors (Lipinski definition) is 2. The maximum Gasteiger partial charge on any atom is 0.196 e. The maximum atomic E-state index is 8.82. The molecular formula is C40H27N5. The molecule has 0 aliphatic carbocycles. The lowest BCUT2D eigenvalue weighted by Gasteiger charge is -2.21. The van der Waals surface area contributed by atoms with Gasteiger partial charge in [-0.2, -0.15) is 0 Å². The minimum atomic E-state index is 0.400. The summed E-state index contributed by atoms with van der Waals surface area (Å²) in [7, 11) is 0. The molecule has 45 heavy (non-hydrogen) atoms. The molecule has 212 valence electrons. The molecule has 0 saturated carbocycles. The lowest BCUT2D eigenvalue weighted by molar-refractivity contribution is 1.09. The van der Waals surface area contributed by atoms with Crippen LogP contribution in [0.1, 0.15) is 17.0 Å². The zero-order chi connectivity index (χ0) is 30.2. The second kappa shape index (κ2) is 11.1. The Morgan fingerprint density at radius 1 is 0.556 bits per heavy atom. The van der Waals surface area contributed by atoms with Gasteiger partial charge in [0.2, 0.25) is 0 Å². The van der Waals surface area contributed by atoms with Crippen molar-refractivity contribution in [3.8, 4) is 22.5 Å². The van der Waals surface area contributed by atoms with Gasteiger partial charge in [0.25, 0.3) is 0 Å². The molecule has 0 spiro atoms. The molecule has 8 rings (SSSR count). The van der Waals surface area contributed by atoms with Crippen molar-refractivity contribution in [2.75, 3.05) is 0 Å². The molecule has 0 atom stereocenters. The molecule has 0 saturated heterocycles. The van der Waals surface area contributed by atoms with Crippen LogP contribution in [0.3, 0.4) is 0 Å². The summed E-state index contributed by atoms with van der Waals surface area (Å²) >= 11 is 0. The van der Waals surface area contributed by atoms with E-state index in [0.29, 0.717) is 17.4 Å². The van der Waals surface area contributed by atoms with Crippen LogP contribution in [0.4, 0.5) is 5.69 Å². The van der Waals surface area contributed by atoms with Crippen molar-refractivity contribution in [1.82, 2.24) is 15.3 Å². The van der Waals surface area contributed by atoms with Gasteiger partial charge < -0.3 is 10.7 Å².